The van der Waals surface area contributed by atoms with Crippen LogP contribution in [0, 0.1) is 0 Å². The molecular formula is C18H28N4O4S. The molecule has 1 N–H and O–H groups in total. The van der Waals surface area contributed by atoms with Crippen LogP contribution in [0.3, 0.4) is 0 Å². The Hall–Kier alpha value is -1.68. The number of amides is 1. The molecule has 0 aliphatic carbocycles. The molecule has 3 rings (SSSR count). The van der Waals surface area contributed by atoms with Gasteiger partial charge in [-0.15, -0.1) is 0 Å². The van der Waals surface area contributed by atoms with Gasteiger partial charge in [0.15, 0.2) is 0 Å². The third kappa shape index (κ3) is 5.65. The fourth-order valence-electron chi connectivity index (χ4n) is 3.22. The van der Waals surface area contributed by atoms with Crippen molar-refractivity contribution in [1.29, 1.82) is 0 Å². The molecule has 1 aromatic carbocycles. The van der Waals surface area contributed by atoms with E-state index in [4.69, 9.17) is 4.74 Å². The van der Waals surface area contributed by atoms with Crippen LogP contribution in [0.15, 0.2) is 24.3 Å². The zero-order chi connectivity index (χ0) is 19.3. The van der Waals surface area contributed by atoms with Crippen molar-refractivity contribution in [3.05, 3.63) is 24.3 Å². The van der Waals surface area contributed by atoms with E-state index in [1.54, 1.807) is 0 Å². The smallest absolute Gasteiger partial charge is 0.225 e. The number of nitrogens with one attached hydrogen (secondary N) is 1. The number of rotatable bonds is 6. The van der Waals surface area contributed by atoms with Gasteiger partial charge in [0, 0.05) is 57.1 Å². The predicted octanol–water partition coefficient (Wildman–Crippen LogP) is 0.429. The second-order valence-corrected chi connectivity index (χ2v) is 9.05. The van der Waals surface area contributed by atoms with Gasteiger partial charge < -0.3 is 19.9 Å². The second kappa shape index (κ2) is 9.01. The van der Waals surface area contributed by atoms with Gasteiger partial charge in [-0.1, -0.05) is 0 Å². The van der Waals surface area contributed by atoms with Crippen molar-refractivity contribution in [3.8, 4) is 0 Å². The average molecular weight is 397 g/mol. The topological polar surface area (TPSA) is 82.2 Å². The van der Waals surface area contributed by atoms with Crippen molar-refractivity contribution in [2.45, 2.75) is 6.42 Å². The van der Waals surface area contributed by atoms with Gasteiger partial charge in [0.05, 0.1) is 19.0 Å². The lowest BCUT2D eigenvalue weighted by Crippen LogP contribution is -2.44. The van der Waals surface area contributed by atoms with Crippen LogP contribution in [0.25, 0.3) is 0 Å². The minimum absolute atomic E-state index is 0.0557. The summed E-state index contributed by atoms with van der Waals surface area (Å²) in [6, 6.07) is 7.71. The first-order valence-electron chi connectivity index (χ1n) is 9.33. The molecule has 27 heavy (non-hydrogen) atoms. The summed E-state index contributed by atoms with van der Waals surface area (Å²) in [5.74, 6) is -0.475. The van der Waals surface area contributed by atoms with Crippen LogP contribution in [-0.4, -0.2) is 88.8 Å². The van der Waals surface area contributed by atoms with Crippen molar-refractivity contribution < 1.29 is 17.9 Å². The first kappa shape index (κ1) is 20.1. The van der Waals surface area contributed by atoms with E-state index in [0.717, 1.165) is 31.9 Å². The van der Waals surface area contributed by atoms with Crippen molar-refractivity contribution in [1.82, 2.24) is 9.21 Å². The normalized spacial score (nSPS) is 19.8. The molecule has 2 aliphatic heterocycles. The number of hydrogen-bond donors (Lipinski definition) is 1. The van der Waals surface area contributed by atoms with Crippen LogP contribution in [-0.2, 0) is 19.6 Å². The fourth-order valence-corrected chi connectivity index (χ4v) is 4.63. The highest BCUT2D eigenvalue weighted by molar-refractivity contribution is 7.89. The molecule has 2 aliphatic rings. The Morgan fingerprint density at radius 2 is 1.67 bits per heavy atom. The van der Waals surface area contributed by atoms with E-state index in [9.17, 15) is 13.2 Å². The molecule has 0 aromatic heterocycles. The van der Waals surface area contributed by atoms with Crippen LogP contribution in [0.1, 0.15) is 6.42 Å². The van der Waals surface area contributed by atoms with E-state index < -0.39 is 10.0 Å². The SMILES string of the molecule is CN1CCN(c2ccc(NC(=O)CCS(=O)(=O)N3CCOCC3)cc2)CC1. The molecule has 1 aromatic rings. The number of piperazine rings is 1. The summed E-state index contributed by atoms with van der Waals surface area (Å²) in [6.07, 6.45) is -0.0557. The number of ether oxygens (including phenoxy) is 1. The van der Waals surface area contributed by atoms with Crippen LogP contribution in [0.2, 0.25) is 0 Å². The largest absolute Gasteiger partial charge is 0.379 e. The van der Waals surface area contributed by atoms with E-state index in [1.165, 1.54) is 4.31 Å². The van der Waals surface area contributed by atoms with Gasteiger partial charge in [0.1, 0.15) is 0 Å². The summed E-state index contributed by atoms with van der Waals surface area (Å²) < 4.78 is 31.1. The molecular weight excluding hydrogens is 368 g/mol. The summed E-state index contributed by atoms with van der Waals surface area (Å²) in [7, 11) is -1.29. The molecule has 2 fully saturated rings. The van der Waals surface area contributed by atoms with Gasteiger partial charge >= 0.3 is 0 Å². The van der Waals surface area contributed by atoms with E-state index in [1.807, 2.05) is 24.3 Å². The third-order valence-electron chi connectivity index (χ3n) is 4.97. The minimum atomic E-state index is -3.41. The lowest BCUT2D eigenvalue weighted by atomic mass is 10.2. The third-order valence-corrected chi connectivity index (χ3v) is 6.84. The highest BCUT2D eigenvalue weighted by atomic mass is 32.2. The zero-order valence-electron chi connectivity index (χ0n) is 15.8. The molecule has 0 radical (unpaired) electrons. The second-order valence-electron chi connectivity index (χ2n) is 6.96. The summed E-state index contributed by atoms with van der Waals surface area (Å²) in [4.78, 5) is 16.8. The molecule has 9 heteroatoms. The van der Waals surface area contributed by atoms with Crippen LogP contribution in [0.4, 0.5) is 11.4 Å². The summed E-state index contributed by atoms with van der Waals surface area (Å²) in [5.41, 5.74) is 1.82. The minimum Gasteiger partial charge on any atom is -0.379 e. The van der Waals surface area contributed by atoms with Gasteiger partial charge in [-0.3, -0.25) is 4.79 Å². The van der Waals surface area contributed by atoms with Crippen molar-refractivity contribution >= 4 is 27.3 Å². The number of carbonyl (C=O) groups excluding carboxylic acids is 1. The number of likely N-dealkylation sites (N-methyl/N-ethyl adjacent to an activating group) is 1. The summed E-state index contributed by atoms with van der Waals surface area (Å²) >= 11 is 0. The number of nitrogens with zero attached hydrogens (tertiary/aromatic N) is 3. The maximum atomic E-state index is 12.3. The van der Waals surface area contributed by atoms with E-state index in [0.29, 0.717) is 32.0 Å². The zero-order valence-corrected chi connectivity index (χ0v) is 16.6. The van der Waals surface area contributed by atoms with Crippen LogP contribution in [0.5, 0.6) is 0 Å². The maximum absolute atomic E-state index is 12.3. The number of anilines is 2. The number of hydrogen-bond acceptors (Lipinski definition) is 6. The Balaban J connectivity index is 1.47. The Kier molecular flexibility index (Phi) is 6.69. The first-order valence-corrected chi connectivity index (χ1v) is 10.9. The number of sulfonamides is 1. The molecule has 0 bridgehead atoms. The molecule has 2 heterocycles. The summed E-state index contributed by atoms with van der Waals surface area (Å²) in [5, 5.41) is 2.78. The monoisotopic (exact) mass is 396 g/mol. The molecule has 1 amide bonds. The molecule has 150 valence electrons. The number of morpholine rings is 1. The molecule has 2 saturated heterocycles. The molecule has 0 spiro atoms. The van der Waals surface area contributed by atoms with Gasteiger partial charge in [0.25, 0.3) is 0 Å². The van der Waals surface area contributed by atoms with Gasteiger partial charge in [-0.2, -0.15) is 4.31 Å². The Bertz CT molecular complexity index is 724. The highest BCUT2D eigenvalue weighted by Gasteiger charge is 2.24. The number of carbonyl (C=O) groups is 1. The van der Waals surface area contributed by atoms with Crippen LogP contribution >= 0.6 is 0 Å². The number of benzene rings is 1. The van der Waals surface area contributed by atoms with E-state index in [2.05, 4.69) is 22.2 Å². The Morgan fingerprint density at radius 3 is 2.30 bits per heavy atom. The standard InChI is InChI=1S/C18H28N4O4S/c1-20-7-9-21(10-8-20)17-4-2-16(3-5-17)19-18(23)6-15-27(24,25)22-11-13-26-14-12-22/h2-5H,6-15H2,1H3,(H,19,23). The van der Waals surface area contributed by atoms with Crippen molar-refractivity contribution in [2.75, 3.05) is 75.5 Å². The lowest BCUT2D eigenvalue weighted by molar-refractivity contribution is -0.115. The molecule has 0 atom stereocenters. The Labute approximate surface area is 161 Å². The lowest BCUT2D eigenvalue weighted by Gasteiger charge is -2.34. The fraction of sp³-hybridized carbons (Fsp3) is 0.611. The van der Waals surface area contributed by atoms with E-state index >= 15 is 0 Å². The van der Waals surface area contributed by atoms with Crippen LogP contribution < -0.4 is 10.2 Å². The van der Waals surface area contributed by atoms with Gasteiger partial charge in [0.2, 0.25) is 15.9 Å². The average Bonchev–Trinajstić information content (AvgIpc) is 2.68. The quantitative estimate of drug-likeness (QED) is 0.751. The van der Waals surface area contributed by atoms with Gasteiger partial charge in [-0.25, -0.2) is 8.42 Å². The van der Waals surface area contributed by atoms with Crippen molar-refractivity contribution in [3.63, 3.8) is 0 Å². The molecule has 0 unspecified atom stereocenters. The van der Waals surface area contributed by atoms with Gasteiger partial charge in [-0.05, 0) is 31.3 Å². The summed E-state index contributed by atoms with van der Waals surface area (Å²) in [6.45, 7) is 5.58. The molecule has 8 nitrogen and oxygen atoms in total. The molecule has 0 saturated carbocycles. The Morgan fingerprint density at radius 1 is 1.04 bits per heavy atom. The first-order chi connectivity index (χ1) is 12.9. The maximum Gasteiger partial charge on any atom is 0.225 e. The highest BCUT2D eigenvalue weighted by Crippen LogP contribution is 2.19. The predicted molar refractivity (Wildman–Crippen MR) is 106 cm³/mol. The van der Waals surface area contributed by atoms with E-state index in [-0.39, 0.29) is 18.1 Å². The van der Waals surface area contributed by atoms with Crippen molar-refractivity contribution in [2.24, 2.45) is 0 Å².